The normalized spacial score (nSPS) is 14.2. The highest BCUT2D eigenvalue weighted by molar-refractivity contribution is 5.88. The molecule has 1 atom stereocenters. The van der Waals surface area contributed by atoms with Gasteiger partial charge >= 0.3 is 6.03 Å². The quantitative estimate of drug-likeness (QED) is 0.271. The lowest BCUT2D eigenvalue weighted by Crippen LogP contribution is -2.32. The number of aromatic nitrogens is 2. The number of hydrogen-bond donors (Lipinski definition) is 2. The molecule has 0 aliphatic carbocycles. The molecular formula is C31H32F3N5O. The van der Waals surface area contributed by atoms with Crippen molar-refractivity contribution in [2.45, 2.75) is 52.6 Å². The number of para-hydroxylation sites is 1. The monoisotopic (exact) mass is 547 g/mol. The highest BCUT2D eigenvalue weighted by atomic mass is 19.1. The van der Waals surface area contributed by atoms with Gasteiger partial charge in [-0.05, 0) is 54.7 Å². The molecule has 40 heavy (non-hydrogen) atoms. The Morgan fingerprint density at radius 3 is 2.33 bits per heavy atom. The van der Waals surface area contributed by atoms with E-state index in [0.29, 0.717) is 25.2 Å². The van der Waals surface area contributed by atoms with Gasteiger partial charge in [0.1, 0.15) is 17.5 Å². The lowest BCUT2D eigenvalue weighted by atomic mass is 9.96. The van der Waals surface area contributed by atoms with Crippen LogP contribution in [0.25, 0.3) is 16.9 Å². The van der Waals surface area contributed by atoms with Crippen molar-refractivity contribution in [3.8, 4) is 16.9 Å². The molecule has 2 amide bonds. The maximum Gasteiger partial charge on any atom is 0.316 e. The first-order valence-electron chi connectivity index (χ1n) is 13.5. The molecule has 0 fully saturated rings. The number of primary amides is 1. The number of benzene rings is 3. The maximum absolute atomic E-state index is 15.8. The Labute approximate surface area is 231 Å². The van der Waals surface area contributed by atoms with Crippen LogP contribution in [0.15, 0.2) is 54.6 Å². The maximum atomic E-state index is 15.8. The third-order valence-electron chi connectivity index (χ3n) is 7.71. The van der Waals surface area contributed by atoms with Crippen LogP contribution in [0.2, 0.25) is 0 Å². The zero-order valence-corrected chi connectivity index (χ0v) is 22.8. The van der Waals surface area contributed by atoms with Gasteiger partial charge in [-0.1, -0.05) is 44.2 Å². The molecule has 0 saturated heterocycles. The summed E-state index contributed by atoms with van der Waals surface area (Å²) in [7, 11) is 0. The number of urea groups is 1. The molecule has 9 heteroatoms. The minimum Gasteiger partial charge on any atom is -0.351 e. The van der Waals surface area contributed by atoms with E-state index in [9.17, 15) is 9.18 Å². The summed E-state index contributed by atoms with van der Waals surface area (Å²) in [5, 5.41) is 7.14. The third kappa shape index (κ3) is 5.09. The zero-order valence-electron chi connectivity index (χ0n) is 22.8. The SMILES string of the molecule is CCc1cccc(CC)c1-n1nc2c(c1-c1cc(F)c(NC(N)=O)cc1F)CN(C(C)c1ccc(F)cc1)CC2. The van der Waals surface area contributed by atoms with E-state index in [0.717, 1.165) is 58.6 Å². The molecule has 1 aliphatic rings. The molecular weight excluding hydrogens is 515 g/mol. The summed E-state index contributed by atoms with van der Waals surface area (Å²) < 4.78 is 46.3. The van der Waals surface area contributed by atoms with Crippen molar-refractivity contribution in [2.75, 3.05) is 11.9 Å². The van der Waals surface area contributed by atoms with E-state index in [2.05, 4.69) is 31.0 Å². The van der Waals surface area contributed by atoms with Crippen LogP contribution in [0.3, 0.4) is 0 Å². The molecule has 1 aliphatic heterocycles. The number of carbonyl (C=O) groups excluding carboxylic acids is 1. The van der Waals surface area contributed by atoms with Crippen molar-refractivity contribution < 1.29 is 18.0 Å². The van der Waals surface area contributed by atoms with Gasteiger partial charge in [0.2, 0.25) is 0 Å². The molecule has 0 radical (unpaired) electrons. The number of nitrogens with two attached hydrogens (primary N) is 1. The van der Waals surface area contributed by atoms with Crippen molar-refractivity contribution >= 4 is 11.7 Å². The van der Waals surface area contributed by atoms with Gasteiger partial charge in [0.05, 0.1) is 22.8 Å². The van der Waals surface area contributed by atoms with Crippen LogP contribution in [-0.2, 0) is 25.8 Å². The fourth-order valence-corrected chi connectivity index (χ4v) is 5.56. The van der Waals surface area contributed by atoms with Gasteiger partial charge in [-0.3, -0.25) is 4.90 Å². The second-order valence-corrected chi connectivity index (χ2v) is 10.1. The molecule has 1 aromatic heterocycles. The van der Waals surface area contributed by atoms with Gasteiger partial charge < -0.3 is 11.1 Å². The van der Waals surface area contributed by atoms with E-state index in [-0.39, 0.29) is 23.1 Å². The molecule has 2 heterocycles. The largest absolute Gasteiger partial charge is 0.351 e. The summed E-state index contributed by atoms with van der Waals surface area (Å²) in [5.41, 5.74) is 10.9. The summed E-state index contributed by atoms with van der Waals surface area (Å²) in [6, 6.07) is 13.5. The number of nitrogens with zero attached hydrogens (tertiary/aromatic N) is 3. The Kier molecular flexibility index (Phi) is 7.67. The predicted octanol–water partition coefficient (Wildman–Crippen LogP) is 6.69. The topological polar surface area (TPSA) is 76.2 Å². The fraction of sp³-hybridized carbons (Fsp3) is 0.290. The van der Waals surface area contributed by atoms with E-state index in [4.69, 9.17) is 10.8 Å². The van der Waals surface area contributed by atoms with Crippen molar-refractivity contribution in [2.24, 2.45) is 5.73 Å². The van der Waals surface area contributed by atoms with Gasteiger partial charge in [0.15, 0.2) is 0 Å². The number of carbonyl (C=O) groups is 1. The molecule has 4 aromatic rings. The van der Waals surface area contributed by atoms with Crippen molar-refractivity contribution in [3.63, 3.8) is 0 Å². The van der Waals surface area contributed by atoms with E-state index in [1.807, 2.05) is 18.2 Å². The standard InChI is InChI=1S/C31H32F3N5O/c1-4-19-7-6-8-20(5-2)29(19)39-30(23-15-26(34)28(16-25(23)33)36-31(35)40)24-17-38(14-13-27(24)37-39)18(3)21-9-11-22(32)12-10-21/h6-12,15-16,18H,4-5,13-14,17H2,1-3H3,(H3,35,36,40). The first kappa shape index (κ1) is 27.5. The lowest BCUT2D eigenvalue weighted by Gasteiger charge is -2.32. The predicted molar refractivity (Wildman–Crippen MR) is 150 cm³/mol. The van der Waals surface area contributed by atoms with E-state index >= 15 is 8.78 Å². The van der Waals surface area contributed by atoms with Crippen LogP contribution in [0.4, 0.5) is 23.7 Å². The first-order valence-corrected chi connectivity index (χ1v) is 13.5. The molecule has 6 nitrogen and oxygen atoms in total. The molecule has 0 saturated carbocycles. The number of fused-ring (bicyclic) bond motifs is 1. The van der Waals surface area contributed by atoms with Gasteiger partial charge in [-0.15, -0.1) is 0 Å². The Morgan fingerprint density at radius 1 is 1.02 bits per heavy atom. The summed E-state index contributed by atoms with van der Waals surface area (Å²) in [6.45, 7) is 7.31. The number of amides is 2. The number of rotatable bonds is 7. The Balaban J connectivity index is 1.70. The number of nitrogens with one attached hydrogen (secondary N) is 1. The molecule has 3 aromatic carbocycles. The van der Waals surface area contributed by atoms with Crippen molar-refractivity contribution in [1.29, 1.82) is 0 Å². The average molecular weight is 548 g/mol. The number of hydrogen-bond acceptors (Lipinski definition) is 3. The highest BCUT2D eigenvalue weighted by Gasteiger charge is 2.31. The number of aryl methyl sites for hydroxylation is 2. The van der Waals surface area contributed by atoms with Gasteiger partial charge in [0.25, 0.3) is 0 Å². The van der Waals surface area contributed by atoms with Gasteiger partial charge in [-0.25, -0.2) is 22.6 Å². The smallest absolute Gasteiger partial charge is 0.316 e. The van der Waals surface area contributed by atoms with Crippen LogP contribution >= 0.6 is 0 Å². The summed E-state index contributed by atoms with van der Waals surface area (Å²) in [4.78, 5) is 13.6. The van der Waals surface area contributed by atoms with E-state index < -0.39 is 17.7 Å². The minimum absolute atomic E-state index is 0.0391. The summed E-state index contributed by atoms with van der Waals surface area (Å²) in [5.74, 6) is -1.80. The molecule has 208 valence electrons. The Hall–Kier alpha value is -4.11. The van der Waals surface area contributed by atoms with Crippen LogP contribution in [-0.4, -0.2) is 27.3 Å². The summed E-state index contributed by atoms with van der Waals surface area (Å²) in [6.07, 6.45) is 2.08. The first-order chi connectivity index (χ1) is 19.2. The molecule has 5 rings (SSSR count). The Morgan fingerprint density at radius 2 is 1.70 bits per heavy atom. The lowest BCUT2D eigenvalue weighted by molar-refractivity contribution is 0.192. The van der Waals surface area contributed by atoms with Crippen LogP contribution in [0, 0.1) is 17.5 Å². The van der Waals surface area contributed by atoms with Crippen LogP contribution in [0.5, 0.6) is 0 Å². The van der Waals surface area contributed by atoms with Gasteiger partial charge in [0, 0.05) is 42.7 Å². The zero-order chi connectivity index (χ0) is 28.6. The second-order valence-electron chi connectivity index (χ2n) is 10.1. The van der Waals surface area contributed by atoms with Crippen molar-refractivity contribution in [3.05, 3.63) is 100.0 Å². The highest BCUT2D eigenvalue weighted by Crippen LogP contribution is 2.39. The molecule has 0 spiro atoms. The van der Waals surface area contributed by atoms with Crippen LogP contribution in [0.1, 0.15) is 54.8 Å². The number of anilines is 1. The summed E-state index contributed by atoms with van der Waals surface area (Å²) >= 11 is 0. The van der Waals surface area contributed by atoms with Crippen molar-refractivity contribution in [1.82, 2.24) is 14.7 Å². The van der Waals surface area contributed by atoms with Crippen LogP contribution < -0.4 is 11.1 Å². The van der Waals surface area contributed by atoms with Gasteiger partial charge in [-0.2, -0.15) is 5.10 Å². The Bertz CT molecular complexity index is 1540. The average Bonchev–Trinajstić information content (AvgIpc) is 3.32. The second kappa shape index (κ2) is 11.2. The molecule has 3 N–H and O–H groups in total. The molecule has 0 bridgehead atoms. The van der Waals surface area contributed by atoms with E-state index in [1.165, 1.54) is 12.1 Å². The minimum atomic E-state index is -0.983. The van der Waals surface area contributed by atoms with E-state index in [1.54, 1.807) is 16.8 Å². The number of halogens is 3. The fourth-order valence-electron chi connectivity index (χ4n) is 5.56. The molecule has 1 unspecified atom stereocenters. The third-order valence-corrected chi connectivity index (χ3v) is 7.71.